The molecule has 1 atom stereocenters. The molecule has 1 aliphatic heterocycles. The number of nitrogens with zero attached hydrogens (tertiary/aromatic N) is 3. The molecule has 0 bridgehead atoms. The summed E-state index contributed by atoms with van der Waals surface area (Å²) in [5.74, 6) is -0.878. The summed E-state index contributed by atoms with van der Waals surface area (Å²) in [7, 11) is -4.00. The molecule has 1 amide bonds. The number of nitrogens with one attached hydrogen (secondary N) is 2. The molecule has 1 saturated heterocycles. The Hall–Kier alpha value is -3.97. The fourth-order valence-electron chi connectivity index (χ4n) is 3.90. The predicted octanol–water partition coefficient (Wildman–Crippen LogP) is 2.24. The molecule has 0 aliphatic carbocycles. The lowest BCUT2D eigenvalue weighted by atomic mass is 10.0. The zero-order valence-electron chi connectivity index (χ0n) is 20.0. The SMILES string of the molecule is NC(=NOC(=O)CCNC(=O)OCc1ccccc1)C1CCCCN1S(=O)(=O)c1nc2ccccc2[nH]1. The number of carbonyl (C=O) groups excluding carboxylic acids is 2. The molecule has 1 aromatic heterocycles. The summed E-state index contributed by atoms with van der Waals surface area (Å²) in [4.78, 5) is 35.8. The van der Waals surface area contributed by atoms with Crippen LogP contribution in [0.3, 0.4) is 0 Å². The second kappa shape index (κ2) is 11.8. The second-order valence-corrected chi connectivity index (χ2v) is 10.2. The lowest BCUT2D eigenvalue weighted by molar-refractivity contribution is -0.143. The lowest BCUT2D eigenvalue weighted by Gasteiger charge is -2.32. The van der Waals surface area contributed by atoms with E-state index in [9.17, 15) is 18.0 Å². The summed E-state index contributed by atoms with van der Waals surface area (Å²) in [6, 6.07) is 15.4. The maximum atomic E-state index is 13.3. The van der Waals surface area contributed by atoms with Crippen LogP contribution in [0.5, 0.6) is 0 Å². The quantitative estimate of drug-likeness (QED) is 0.164. The molecule has 37 heavy (non-hydrogen) atoms. The first-order valence-corrected chi connectivity index (χ1v) is 13.2. The van der Waals surface area contributed by atoms with Crippen LogP contribution < -0.4 is 11.1 Å². The first-order valence-electron chi connectivity index (χ1n) is 11.8. The summed E-state index contributed by atoms with van der Waals surface area (Å²) < 4.78 is 32.9. The summed E-state index contributed by atoms with van der Waals surface area (Å²) in [6.45, 7) is 0.299. The van der Waals surface area contributed by atoms with Gasteiger partial charge in [0.15, 0.2) is 5.84 Å². The minimum atomic E-state index is -4.00. The Balaban J connectivity index is 1.30. The summed E-state index contributed by atoms with van der Waals surface area (Å²) in [5.41, 5.74) is 8.02. The minimum absolute atomic E-state index is 0.0299. The number of amidine groups is 1. The highest BCUT2D eigenvalue weighted by atomic mass is 32.2. The van der Waals surface area contributed by atoms with E-state index in [2.05, 4.69) is 20.4 Å². The molecule has 3 aromatic rings. The standard InChI is InChI=1S/C24H28N6O6S/c25-22(29-36-21(31)13-14-26-24(32)35-16-17-8-2-1-3-9-17)20-12-6-7-15-30(20)37(33,34)23-27-18-10-4-5-11-19(18)28-23/h1-5,8-11,20H,6-7,12-16H2,(H2,25,29)(H,26,32)(H,27,28). The number of benzene rings is 2. The third-order valence-corrected chi connectivity index (χ3v) is 7.52. The fraction of sp³-hybridized carbons (Fsp3) is 0.333. The van der Waals surface area contributed by atoms with E-state index in [4.69, 9.17) is 15.3 Å². The van der Waals surface area contributed by atoms with Crippen LogP contribution in [0.1, 0.15) is 31.2 Å². The molecule has 1 unspecified atom stereocenters. The zero-order valence-corrected chi connectivity index (χ0v) is 20.8. The number of H-pyrrole nitrogens is 1. The van der Waals surface area contributed by atoms with Crippen LogP contribution in [-0.2, 0) is 31.0 Å². The number of aromatic nitrogens is 2. The van der Waals surface area contributed by atoms with Crippen molar-refractivity contribution in [1.82, 2.24) is 19.6 Å². The van der Waals surface area contributed by atoms with E-state index in [-0.39, 0.29) is 37.1 Å². The Kier molecular flexibility index (Phi) is 8.36. The summed E-state index contributed by atoms with van der Waals surface area (Å²) in [6.07, 6.45) is 0.947. The van der Waals surface area contributed by atoms with Crippen LogP contribution in [0.4, 0.5) is 4.79 Å². The third-order valence-electron chi connectivity index (χ3n) is 5.78. The number of rotatable bonds is 9. The van der Waals surface area contributed by atoms with Gasteiger partial charge < -0.3 is 25.6 Å². The van der Waals surface area contributed by atoms with Crippen molar-refractivity contribution in [2.24, 2.45) is 10.9 Å². The number of fused-ring (bicyclic) bond motifs is 1. The number of hydrogen-bond donors (Lipinski definition) is 3. The van der Waals surface area contributed by atoms with Crippen molar-refractivity contribution in [2.75, 3.05) is 13.1 Å². The maximum absolute atomic E-state index is 13.3. The van der Waals surface area contributed by atoms with E-state index in [0.717, 1.165) is 12.0 Å². The number of para-hydroxylation sites is 2. The van der Waals surface area contributed by atoms with Gasteiger partial charge in [-0.1, -0.05) is 54.0 Å². The van der Waals surface area contributed by atoms with Gasteiger partial charge in [-0.3, -0.25) is 0 Å². The number of amides is 1. The third kappa shape index (κ3) is 6.62. The Morgan fingerprint density at radius 2 is 1.89 bits per heavy atom. The van der Waals surface area contributed by atoms with Gasteiger partial charge in [0.25, 0.3) is 10.0 Å². The number of oxime groups is 1. The van der Waals surface area contributed by atoms with Gasteiger partial charge in [0.05, 0.1) is 23.5 Å². The minimum Gasteiger partial charge on any atom is -0.445 e. The molecule has 0 saturated carbocycles. The Bertz CT molecular complexity index is 1340. The maximum Gasteiger partial charge on any atom is 0.407 e. The molecular formula is C24H28N6O6S. The van der Waals surface area contributed by atoms with Crippen LogP contribution in [-0.4, -0.2) is 59.7 Å². The highest BCUT2D eigenvalue weighted by Gasteiger charge is 2.38. The molecule has 1 aliphatic rings. The molecule has 4 rings (SSSR count). The lowest BCUT2D eigenvalue weighted by Crippen LogP contribution is -2.50. The van der Waals surface area contributed by atoms with E-state index in [0.29, 0.717) is 23.9 Å². The van der Waals surface area contributed by atoms with Gasteiger partial charge in [0.2, 0.25) is 5.16 Å². The van der Waals surface area contributed by atoms with E-state index < -0.39 is 28.1 Å². The van der Waals surface area contributed by atoms with Crippen molar-refractivity contribution >= 4 is 39.0 Å². The molecule has 196 valence electrons. The first kappa shape index (κ1) is 26.1. The van der Waals surface area contributed by atoms with Gasteiger partial charge >= 0.3 is 12.1 Å². The summed E-state index contributed by atoms with van der Waals surface area (Å²) in [5, 5.41) is 5.95. The van der Waals surface area contributed by atoms with Crippen LogP contribution >= 0.6 is 0 Å². The monoisotopic (exact) mass is 528 g/mol. The fourth-order valence-corrected chi connectivity index (χ4v) is 5.49. The van der Waals surface area contributed by atoms with Crippen molar-refractivity contribution in [2.45, 2.75) is 43.5 Å². The molecule has 0 spiro atoms. The van der Waals surface area contributed by atoms with Gasteiger partial charge in [-0.05, 0) is 30.5 Å². The van der Waals surface area contributed by atoms with Crippen molar-refractivity contribution in [3.63, 3.8) is 0 Å². The molecule has 12 nitrogen and oxygen atoms in total. The average molecular weight is 529 g/mol. The highest BCUT2D eigenvalue weighted by Crippen LogP contribution is 2.25. The normalized spacial score (nSPS) is 16.9. The van der Waals surface area contributed by atoms with Crippen molar-refractivity contribution in [1.29, 1.82) is 0 Å². The van der Waals surface area contributed by atoms with Gasteiger partial charge in [-0.25, -0.2) is 23.0 Å². The Morgan fingerprint density at radius 3 is 2.68 bits per heavy atom. The number of alkyl carbamates (subject to hydrolysis) is 1. The second-order valence-electron chi connectivity index (χ2n) is 8.40. The van der Waals surface area contributed by atoms with Gasteiger partial charge in [-0.15, -0.1) is 0 Å². The molecule has 2 heterocycles. The smallest absolute Gasteiger partial charge is 0.407 e. The molecule has 0 radical (unpaired) electrons. The van der Waals surface area contributed by atoms with Crippen LogP contribution in [0.25, 0.3) is 11.0 Å². The number of ether oxygens (including phenoxy) is 1. The van der Waals surface area contributed by atoms with Crippen LogP contribution in [0.2, 0.25) is 0 Å². The summed E-state index contributed by atoms with van der Waals surface area (Å²) >= 11 is 0. The van der Waals surface area contributed by atoms with Crippen LogP contribution in [0.15, 0.2) is 64.9 Å². The number of piperidine rings is 1. The molecular weight excluding hydrogens is 500 g/mol. The molecule has 13 heteroatoms. The van der Waals surface area contributed by atoms with Crippen molar-refractivity contribution in [3.05, 3.63) is 60.2 Å². The van der Waals surface area contributed by atoms with Crippen LogP contribution in [0, 0.1) is 0 Å². The average Bonchev–Trinajstić information content (AvgIpc) is 3.37. The number of carbonyl (C=O) groups is 2. The number of hydrogen-bond acceptors (Lipinski definition) is 8. The number of sulfonamides is 1. The Morgan fingerprint density at radius 1 is 1.14 bits per heavy atom. The Labute approximate surface area is 213 Å². The van der Waals surface area contributed by atoms with Crippen molar-refractivity contribution in [3.8, 4) is 0 Å². The number of imidazole rings is 1. The number of nitrogens with two attached hydrogens (primary N) is 1. The van der Waals surface area contributed by atoms with Gasteiger partial charge in [0.1, 0.15) is 6.61 Å². The molecule has 1 fully saturated rings. The van der Waals surface area contributed by atoms with Crippen molar-refractivity contribution < 1.29 is 27.6 Å². The number of aromatic amines is 1. The van der Waals surface area contributed by atoms with E-state index in [1.807, 2.05) is 30.3 Å². The van der Waals surface area contributed by atoms with Gasteiger partial charge in [-0.2, -0.15) is 4.31 Å². The van der Waals surface area contributed by atoms with E-state index >= 15 is 0 Å². The topological polar surface area (TPSA) is 169 Å². The predicted molar refractivity (Wildman–Crippen MR) is 135 cm³/mol. The van der Waals surface area contributed by atoms with Gasteiger partial charge in [0, 0.05) is 13.1 Å². The zero-order chi connectivity index (χ0) is 26.3. The largest absolute Gasteiger partial charge is 0.445 e. The first-order chi connectivity index (χ1) is 17.8. The van der Waals surface area contributed by atoms with E-state index in [1.54, 1.807) is 24.3 Å². The van der Waals surface area contributed by atoms with E-state index in [1.165, 1.54) is 4.31 Å². The molecule has 4 N–H and O–H groups in total. The molecule has 2 aromatic carbocycles. The highest BCUT2D eigenvalue weighted by molar-refractivity contribution is 7.89.